The fourth-order valence-electron chi connectivity index (χ4n) is 3.87. The average Bonchev–Trinajstić information content (AvgIpc) is 3.11. The Morgan fingerprint density at radius 1 is 1.04 bits per heavy atom. The van der Waals surface area contributed by atoms with Gasteiger partial charge in [-0.3, -0.25) is 15.3 Å². The molecule has 0 amide bonds. The Hall–Kier alpha value is -2.09. The van der Waals surface area contributed by atoms with Crippen molar-refractivity contribution in [1.29, 1.82) is 0 Å². The van der Waals surface area contributed by atoms with Gasteiger partial charge in [0.15, 0.2) is 0 Å². The van der Waals surface area contributed by atoms with E-state index >= 15 is 0 Å². The molecule has 0 saturated carbocycles. The van der Waals surface area contributed by atoms with Crippen molar-refractivity contribution < 1.29 is 8.78 Å². The number of hydrogen-bond donors (Lipinski definition) is 2. The minimum Gasteiger partial charge on any atom is -0.369 e. The van der Waals surface area contributed by atoms with Crippen LogP contribution in [-0.2, 0) is 0 Å². The number of aromatic nitrogens is 1. The van der Waals surface area contributed by atoms with Crippen LogP contribution < -0.4 is 15.8 Å². The van der Waals surface area contributed by atoms with Gasteiger partial charge >= 0.3 is 0 Å². The maximum atomic E-state index is 14.2. The van der Waals surface area contributed by atoms with E-state index in [1.165, 1.54) is 11.8 Å². The molecular weight excluding hydrogens is 336 g/mol. The number of anilines is 1. The van der Waals surface area contributed by atoms with Crippen molar-refractivity contribution in [2.45, 2.75) is 6.04 Å². The van der Waals surface area contributed by atoms with Crippen LogP contribution in [0.4, 0.5) is 14.5 Å². The van der Waals surface area contributed by atoms with Crippen LogP contribution in [0, 0.1) is 17.6 Å². The minimum atomic E-state index is -0.541. The summed E-state index contributed by atoms with van der Waals surface area (Å²) in [7, 11) is 0. The van der Waals surface area contributed by atoms with Crippen molar-refractivity contribution in [3.05, 3.63) is 59.9 Å². The number of rotatable bonds is 4. The van der Waals surface area contributed by atoms with Crippen molar-refractivity contribution >= 4 is 5.69 Å². The molecule has 0 spiro atoms. The predicted octanol–water partition coefficient (Wildman–Crippen LogP) is 1.95. The zero-order chi connectivity index (χ0) is 17.9. The van der Waals surface area contributed by atoms with Crippen LogP contribution >= 0.6 is 0 Å². The van der Waals surface area contributed by atoms with Gasteiger partial charge in [0.05, 0.1) is 6.04 Å². The monoisotopic (exact) mass is 359 g/mol. The zero-order valence-corrected chi connectivity index (χ0v) is 14.5. The van der Waals surface area contributed by atoms with Gasteiger partial charge < -0.3 is 4.90 Å². The van der Waals surface area contributed by atoms with Gasteiger partial charge in [0.25, 0.3) is 0 Å². The zero-order valence-electron chi connectivity index (χ0n) is 14.5. The number of nitrogens with zero attached hydrogens (tertiary/aromatic N) is 3. The van der Waals surface area contributed by atoms with Crippen molar-refractivity contribution in [3.63, 3.8) is 0 Å². The summed E-state index contributed by atoms with van der Waals surface area (Å²) in [5.41, 5.74) is 8.01. The fourth-order valence-corrected chi connectivity index (χ4v) is 3.87. The Bertz CT molecular complexity index is 734. The molecule has 0 aliphatic carbocycles. The van der Waals surface area contributed by atoms with Gasteiger partial charge in [0.1, 0.15) is 11.6 Å². The highest BCUT2D eigenvalue weighted by molar-refractivity contribution is 5.44. The molecule has 2 saturated heterocycles. The number of piperazine rings is 1. The number of pyridine rings is 1. The van der Waals surface area contributed by atoms with Crippen molar-refractivity contribution in [3.8, 4) is 0 Å². The standard InChI is InChI=1S/C19H23F2N5/c20-15-1-2-17(18(21)11-15)19-14(12-23-24-19)13-25-7-9-26(10-8-25)16-3-5-22-6-4-16/h1-6,11,14,19,23-24H,7-10,12-13H2. The lowest BCUT2D eigenvalue weighted by atomic mass is 9.93. The molecule has 1 aromatic carbocycles. The van der Waals surface area contributed by atoms with E-state index in [9.17, 15) is 8.78 Å². The topological polar surface area (TPSA) is 43.4 Å². The Morgan fingerprint density at radius 2 is 1.81 bits per heavy atom. The Morgan fingerprint density at radius 3 is 2.54 bits per heavy atom. The maximum Gasteiger partial charge on any atom is 0.130 e. The van der Waals surface area contributed by atoms with Crippen LogP contribution in [0.3, 0.4) is 0 Å². The number of halogens is 2. The lowest BCUT2D eigenvalue weighted by molar-refractivity contribution is 0.213. The van der Waals surface area contributed by atoms with Crippen LogP contribution in [0.2, 0.25) is 0 Å². The summed E-state index contributed by atoms with van der Waals surface area (Å²) in [5.74, 6) is -0.790. The molecule has 2 N–H and O–H groups in total. The summed E-state index contributed by atoms with van der Waals surface area (Å²) in [6.45, 7) is 5.52. The average molecular weight is 359 g/mol. The molecule has 2 aliphatic rings. The van der Waals surface area contributed by atoms with E-state index < -0.39 is 11.6 Å². The molecule has 138 valence electrons. The van der Waals surface area contributed by atoms with E-state index in [1.807, 2.05) is 24.5 Å². The molecule has 2 fully saturated rings. The first-order chi connectivity index (χ1) is 12.7. The second-order valence-corrected chi connectivity index (χ2v) is 6.92. The number of benzene rings is 1. The third-order valence-corrected chi connectivity index (χ3v) is 5.28. The van der Waals surface area contributed by atoms with Gasteiger partial charge in [0, 0.05) is 74.9 Å². The van der Waals surface area contributed by atoms with Crippen molar-refractivity contribution in [1.82, 2.24) is 20.7 Å². The Kier molecular flexibility index (Phi) is 5.10. The Balaban J connectivity index is 1.37. The van der Waals surface area contributed by atoms with Crippen LogP contribution in [0.5, 0.6) is 0 Å². The van der Waals surface area contributed by atoms with E-state index in [4.69, 9.17) is 0 Å². The Labute approximate surface area is 152 Å². The van der Waals surface area contributed by atoms with Crippen LogP contribution in [-0.4, -0.2) is 49.2 Å². The van der Waals surface area contributed by atoms with E-state index in [0.29, 0.717) is 5.56 Å². The molecule has 5 nitrogen and oxygen atoms in total. The number of hydrazine groups is 1. The predicted molar refractivity (Wildman–Crippen MR) is 96.6 cm³/mol. The van der Waals surface area contributed by atoms with Crippen LogP contribution in [0.25, 0.3) is 0 Å². The molecule has 2 atom stereocenters. The lowest BCUT2D eigenvalue weighted by Gasteiger charge is -2.37. The summed E-state index contributed by atoms with van der Waals surface area (Å²) < 4.78 is 27.3. The molecule has 0 bridgehead atoms. The van der Waals surface area contributed by atoms with E-state index in [0.717, 1.165) is 45.3 Å². The molecule has 4 rings (SSSR count). The van der Waals surface area contributed by atoms with Crippen molar-refractivity contribution in [2.24, 2.45) is 5.92 Å². The van der Waals surface area contributed by atoms with Gasteiger partial charge in [-0.1, -0.05) is 6.07 Å². The molecule has 2 aliphatic heterocycles. The quantitative estimate of drug-likeness (QED) is 0.874. The van der Waals surface area contributed by atoms with Gasteiger partial charge in [0.2, 0.25) is 0 Å². The van der Waals surface area contributed by atoms with Gasteiger partial charge in [-0.05, 0) is 18.2 Å². The van der Waals surface area contributed by atoms with Gasteiger partial charge in [-0.2, -0.15) is 0 Å². The number of nitrogens with one attached hydrogen (secondary N) is 2. The third kappa shape index (κ3) is 3.70. The highest BCUT2D eigenvalue weighted by atomic mass is 19.1. The maximum absolute atomic E-state index is 14.2. The smallest absolute Gasteiger partial charge is 0.130 e. The molecule has 2 unspecified atom stereocenters. The summed E-state index contributed by atoms with van der Waals surface area (Å²) in [6, 6.07) is 7.75. The largest absolute Gasteiger partial charge is 0.369 e. The van der Waals surface area contributed by atoms with Gasteiger partial charge in [-0.15, -0.1) is 0 Å². The first-order valence-corrected chi connectivity index (χ1v) is 9.01. The lowest BCUT2D eigenvalue weighted by Crippen LogP contribution is -2.48. The molecular formula is C19H23F2N5. The molecule has 3 heterocycles. The molecule has 1 aromatic heterocycles. The number of hydrogen-bond acceptors (Lipinski definition) is 5. The first-order valence-electron chi connectivity index (χ1n) is 9.01. The SMILES string of the molecule is Fc1ccc(C2NNCC2CN2CCN(c3ccncc3)CC2)c(F)c1. The molecule has 26 heavy (non-hydrogen) atoms. The first kappa shape index (κ1) is 17.3. The highest BCUT2D eigenvalue weighted by Gasteiger charge is 2.32. The summed E-state index contributed by atoms with van der Waals surface area (Å²) in [4.78, 5) is 8.85. The van der Waals surface area contributed by atoms with Gasteiger partial charge in [-0.25, -0.2) is 14.2 Å². The third-order valence-electron chi connectivity index (χ3n) is 5.28. The van der Waals surface area contributed by atoms with E-state index in [1.54, 1.807) is 6.07 Å². The van der Waals surface area contributed by atoms with Crippen LogP contribution in [0.15, 0.2) is 42.7 Å². The van der Waals surface area contributed by atoms with E-state index in [-0.39, 0.29) is 12.0 Å². The summed E-state index contributed by atoms with van der Waals surface area (Å²) in [6.07, 6.45) is 3.64. The van der Waals surface area contributed by atoms with Crippen molar-refractivity contribution in [2.75, 3.05) is 44.2 Å². The normalized spacial score (nSPS) is 24.2. The summed E-state index contributed by atoms with van der Waals surface area (Å²) >= 11 is 0. The second-order valence-electron chi connectivity index (χ2n) is 6.92. The molecule has 7 heteroatoms. The molecule has 2 aromatic rings. The van der Waals surface area contributed by atoms with Crippen LogP contribution in [0.1, 0.15) is 11.6 Å². The second kappa shape index (κ2) is 7.65. The minimum absolute atomic E-state index is 0.145. The van der Waals surface area contributed by atoms with E-state index in [2.05, 4.69) is 25.6 Å². The molecule has 0 radical (unpaired) electrons. The highest BCUT2D eigenvalue weighted by Crippen LogP contribution is 2.28. The fraction of sp³-hybridized carbons (Fsp3) is 0.421. The summed E-state index contributed by atoms with van der Waals surface area (Å²) in [5, 5.41) is 0.